The third-order valence-electron chi connectivity index (χ3n) is 3.03. The third kappa shape index (κ3) is 3.32. The van der Waals surface area contributed by atoms with Gasteiger partial charge in [-0.15, -0.1) is 0 Å². The van der Waals surface area contributed by atoms with E-state index in [2.05, 4.69) is 10.2 Å². The van der Waals surface area contributed by atoms with Gasteiger partial charge in [0.2, 0.25) is 0 Å². The second-order valence-electron chi connectivity index (χ2n) is 4.16. The number of nitrogens with zero attached hydrogens (tertiary/aromatic N) is 1. The van der Waals surface area contributed by atoms with Crippen LogP contribution in [0.2, 0.25) is 10.0 Å². The average Bonchev–Trinajstić information content (AvgIpc) is 2.35. The molecule has 5 heteroatoms. The number of halogens is 3. The fraction of sp³-hybridized carbons (Fsp3) is 0.500. The van der Waals surface area contributed by atoms with Crippen LogP contribution < -0.4 is 5.32 Å². The van der Waals surface area contributed by atoms with Gasteiger partial charge in [-0.25, -0.2) is 4.39 Å². The van der Waals surface area contributed by atoms with E-state index in [0.29, 0.717) is 17.0 Å². The van der Waals surface area contributed by atoms with Crippen LogP contribution in [0.15, 0.2) is 12.1 Å². The molecule has 1 aliphatic rings. The minimum absolute atomic E-state index is 0.143. The number of benzene rings is 1. The Morgan fingerprint density at radius 3 is 2.53 bits per heavy atom. The van der Waals surface area contributed by atoms with Crippen molar-refractivity contribution in [3.8, 4) is 0 Å². The second-order valence-corrected chi connectivity index (χ2v) is 4.98. The lowest BCUT2D eigenvalue weighted by atomic mass is 10.1. The van der Waals surface area contributed by atoms with E-state index in [1.807, 2.05) is 0 Å². The van der Waals surface area contributed by atoms with Crippen LogP contribution in [-0.2, 0) is 6.42 Å². The first-order valence-electron chi connectivity index (χ1n) is 5.74. The number of rotatable bonds is 3. The molecule has 0 spiro atoms. The molecule has 0 amide bonds. The van der Waals surface area contributed by atoms with Gasteiger partial charge in [-0.3, -0.25) is 0 Å². The minimum Gasteiger partial charge on any atom is -0.314 e. The monoisotopic (exact) mass is 276 g/mol. The lowest BCUT2D eigenvalue weighted by molar-refractivity contribution is 0.243. The summed E-state index contributed by atoms with van der Waals surface area (Å²) in [5.41, 5.74) is 0.526. The smallest absolute Gasteiger partial charge is 0.146 e. The molecule has 1 aromatic carbocycles. The van der Waals surface area contributed by atoms with Gasteiger partial charge in [-0.2, -0.15) is 0 Å². The highest BCUT2D eigenvalue weighted by molar-refractivity contribution is 6.33. The Morgan fingerprint density at radius 1 is 1.18 bits per heavy atom. The van der Waals surface area contributed by atoms with Crippen molar-refractivity contribution in [1.82, 2.24) is 10.2 Å². The first kappa shape index (κ1) is 13.1. The van der Waals surface area contributed by atoms with Gasteiger partial charge in [0.05, 0.1) is 5.02 Å². The zero-order valence-corrected chi connectivity index (χ0v) is 11.0. The average molecular weight is 277 g/mol. The van der Waals surface area contributed by atoms with Gasteiger partial charge in [0.25, 0.3) is 0 Å². The van der Waals surface area contributed by atoms with Crippen LogP contribution in [0, 0.1) is 5.82 Å². The number of hydrogen-bond acceptors (Lipinski definition) is 2. The Kier molecular flexibility index (Phi) is 4.62. The van der Waals surface area contributed by atoms with Crippen LogP contribution in [0.1, 0.15) is 5.56 Å². The molecule has 94 valence electrons. The van der Waals surface area contributed by atoms with Crippen LogP contribution in [0.3, 0.4) is 0 Å². The zero-order chi connectivity index (χ0) is 12.3. The second kappa shape index (κ2) is 6.01. The molecule has 0 unspecified atom stereocenters. The van der Waals surface area contributed by atoms with E-state index in [1.54, 1.807) is 6.07 Å². The third-order valence-corrected chi connectivity index (χ3v) is 3.67. The Hall–Kier alpha value is -0.350. The molecule has 0 radical (unpaired) electrons. The molecule has 0 aromatic heterocycles. The van der Waals surface area contributed by atoms with Gasteiger partial charge >= 0.3 is 0 Å². The molecule has 0 saturated carbocycles. The van der Waals surface area contributed by atoms with E-state index in [4.69, 9.17) is 23.2 Å². The summed E-state index contributed by atoms with van der Waals surface area (Å²) in [6.45, 7) is 4.80. The van der Waals surface area contributed by atoms with Crippen LogP contribution in [0.5, 0.6) is 0 Å². The molecule has 0 bridgehead atoms. The number of nitrogens with one attached hydrogen (secondary N) is 1. The summed E-state index contributed by atoms with van der Waals surface area (Å²) in [4.78, 5) is 2.30. The maximum Gasteiger partial charge on any atom is 0.146 e. The van der Waals surface area contributed by atoms with Crippen LogP contribution in [0.4, 0.5) is 4.39 Å². The van der Waals surface area contributed by atoms with Crippen molar-refractivity contribution in [2.75, 3.05) is 32.7 Å². The first-order valence-corrected chi connectivity index (χ1v) is 6.49. The molecule has 1 saturated heterocycles. The van der Waals surface area contributed by atoms with Gasteiger partial charge in [0, 0.05) is 43.3 Å². The lowest BCUT2D eigenvalue weighted by Crippen LogP contribution is -2.44. The molecule has 1 heterocycles. The number of piperazine rings is 1. The Morgan fingerprint density at radius 2 is 1.82 bits per heavy atom. The topological polar surface area (TPSA) is 15.3 Å². The van der Waals surface area contributed by atoms with E-state index in [9.17, 15) is 4.39 Å². The highest BCUT2D eigenvalue weighted by Crippen LogP contribution is 2.26. The minimum atomic E-state index is -0.380. The van der Waals surface area contributed by atoms with E-state index in [1.165, 1.54) is 6.07 Å². The zero-order valence-electron chi connectivity index (χ0n) is 9.48. The maximum atomic E-state index is 13.8. The quantitative estimate of drug-likeness (QED) is 0.854. The van der Waals surface area contributed by atoms with Gasteiger partial charge < -0.3 is 10.2 Å². The predicted molar refractivity (Wildman–Crippen MR) is 69.4 cm³/mol. The summed E-state index contributed by atoms with van der Waals surface area (Å²) >= 11 is 11.7. The molecule has 1 fully saturated rings. The molecule has 1 N–H and O–H groups in total. The van der Waals surface area contributed by atoms with Gasteiger partial charge in [-0.05, 0) is 18.6 Å². The molecule has 1 aromatic rings. The lowest BCUT2D eigenvalue weighted by Gasteiger charge is -2.27. The van der Waals surface area contributed by atoms with E-state index in [-0.39, 0.29) is 10.8 Å². The molecular formula is C12H15Cl2FN2. The summed E-state index contributed by atoms with van der Waals surface area (Å²) in [5.74, 6) is -0.380. The summed E-state index contributed by atoms with van der Waals surface area (Å²) in [6, 6.07) is 3.15. The van der Waals surface area contributed by atoms with Gasteiger partial charge in [0.15, 0.2) is 0 Å². The maximum absolute atomic E-state index is 13.8. The Balaban J connectivity index is 2.00. The molecule has 1 aliphatic heterocycles. The van der Waals surface area contributed by atoms with Crippen LogP contribution in [-0.4, -0.2) is 37.6 Å². The van der Waals surface area contributed by atoms with Crippen LogP contribution in [0.25, 0.3) is 0 Å². The van der Waals surface area contributed by atoms with E-state index < -0.39 is 0 Å². The Labute approximate surface area is 111 Å². The largest absolute Gasteiger partial charge is 0.314 e. The standard InChI is InChI=1S/C12H15Cl2FN2/c13-10-1-2-11(14)12(15)9(10)3-6-17-7-4-16-5-8-17/h1-2,16H,3-8H2. The SMILES string of the molecule is Fc1c(Cl)ccc(Cl)c1CCN1CCNCC1. The van der Waals surface area contributed by atoms with Crippen molar-refractivity contribution in [1.29, 1.82) is 0 Å². The molecule has 2 rings (SSSR count). The Bertz CT molecular complexity index is 392. The highest BCUT2D eigenvalue weighted by atomic mass is 35.5. The summed E-state index contributed by atoms with van der Waals surface area (Å²) < 4.78 is 13.8. The normalized spacial score (nSPS) is 17.4. The number of hydrogen-bond donors (Lipinski definition) is 1. The van der Waals surface area contributed by atoms with Gasteiger partial charge in [0.1, 0.15) is 5.82 Å². The van der Waals surface area contributed by atoms with Crippen molar-refractivity contribution in [3.05, 3.63) is 33.6 Å². The fourth-order valence-corrected chi connectivity index (χ4v) is 2.42. The molecule has 0 atom stereocenters. The van der Waals surface area contributed by atoms with Crippen molar-refractivity contribution >= 4 is 23.2 Å². The highest BCUT2D eigenvalue weighted by Gasteiger charge is 2.14. The molecule has 17 heavy (non-hydrogen) atoms. The first-order chi connectivity index (χ1) is 8.18. The fourth-order valence-electron chi connectivity index (χ4n) is 2.00. The summed E-state index contributed by atoms with van der Waals surface area (Å²) in [7, 11) is 0. The molecular weight excluding hydrogens is 262 g/mol. The predicted octanol–water partition coefficient (Wildman–Crippen LogP) is 2.58. The van der Waals surface area contributed by atoms with Crippen molar-refractivity contribution in [3.63, 3.8) is 0 Å². The van der Waals surface area contributed by atoms with Crippen molar-refractivity contribution in [2.45, 2.75) is 6.42 Å². The van der Waals surface area contributed by atoms with Crippen LogP contribution >= 0.6 is 23.2 Å². The van der Waals surface area contributed by atoms with Gasteiger partial charge in [-0.1, -0.05) is 23.2 Å². The van der Waals surface area contributed by atoms with Crippen molar-refractivity contribution < 1.29 is 4.39 Å². The summed E-state index contributed by atoms with van der Waals surface area (Å²) in [5, 5.41) is 3.89. The van der Waals surface area contributed by atoms with E-state index >= 15 is 0 Å². The summed E-state index contributed by atoms with van der Waals surface area (Å²) in [6.07, 6.45) is 0.602. The molecule has 2 nitrogen and oxygen atoms in total. The van der Waals surface area contributed by atoms with Crippen molar-refractivity contribution in [2.24, 2.45) is 0 Å². The van der Waals surface area contributed by atoms with E-state index in [0.717, 1.165) is 32.7 Å². The molecule has 0 aliphatic carbocycles.